The number of hydrogen-bond acceptors (Lipinski definition) is 5. The maximum atomic E-state index is 6.22. The van der Waals surface area contributed by atoms with E-state index in [-0.39, 0.29) is 6.17 Å². The molecular formula is C42H26N4O. The number of nitrogens with one attached hydrogen (secondary N) is 1. The van der Waals surface area contributed by atoms with Gasteiger partial charge in [-0.2, -0.15) is 0 Å². The summed E-state index contributed by atoms with van der Waals surface area (Å²) in [4.78, 5) is 14.9. The van der Waals surface area contributed by atoms with Crippen LogP contribution in [0.2, 0.25) is 0 Å². The lowest BCUT2D eigenvalue weighted by Crippen LogP contribution is -2.33. The Morgan fingerprint density at radius 1 is 0.532 bits per heavy atom. The van der Waals surface area contributed by atoms with E-state index in [0.29, 0.717) is 5.84 Å². The average Bonchev–Trinajstić information content (AvgIpc) is 3.53. The van der Waals surface area contributed by atoms with Crippen LogP contribution < -0.4 is 5.32 Å². The number of fused-ring (bicyclic) bond motifs is 9. The van der Waals surface area contributed by atoms with Gasteiger partial charge in [0.25, 0.3) is 0 Å². The largest absolute Gasteiger partial charge is 0.454 e. The molecule has 0 saturated carbocycles. The Labute approximate surface area is 269 Å². The van der Waals surface area contributed by atoms with Crippen LogP contribution in [0.15, 0.2) is 160 Å². The zero-order valence-electron chi connectivity index (χ0n) is 25.2. The third kappa shape index (κ3) is 4.07. The van der Waals surface area contributed by atoms with Crippen LogP contribution in [-0.4, -0.2) is 16.7 Å². The third-order valence-corrected chi connectivity index (χ3v) is 9.39. The van der Waals surface area contributed by atoms with Gasteiger partial charge in [0, 0.05) is 33.5 Å². The van der Waals surface area contributed by atoms with Crippen molar-refractivity contribution >= 4 is 76.7 Å². The Balaban J connectivity index is 1.24. The SMILES string of the molecule is c1ccc2cc(C3N=C(c4cccc5ccc6c7ccccc7ccc6c45)N=C(c4cccc5oc6cnccc6c45)N3)ccc2c1. The van der Waals surface area contributed by atoms with Crippen LogP contribution in [0.25, 0.3) is 65.0 Å². The highest BCUT2D eigenvalue weighted by Gasteiger charge is 2.25. The van der Waals surface area contributed by atoms with Crippen LogP contribution in [-0.2, 0) is 0 Å². The minimum absolute atomic E-state index is 0.358. The number of aliphatic imine (C=N–C) groups is 2. The number of furan rings is 1. The van der Waals surface area contributed by atoms with E-state index in [0.717, 1.165) is 55.2 Å². The van der Waals surface area contributed by atoms with Crippen molar-refractivity contribution in [1.82, 2.24) is 10.3 Å². The molecule has 0 fully saturated rings. The Kier molecular flexibility index (Phi) is 5.57. The van der Waals surface area contributed by atoms with E-state index in [2.05, 4.69) is 126 Å². The van der Waals surface area contributed by atoms with Gasteiger partial charge in [0.1, 0.15) is 17.6 Å². The molecule has 0 saturated heterocycles. The van der Waals surface area contributed by atoms with Crippen molar-refractivity contribution in [2.45, 2.75) is 6.17 Å². The highest BCUT2D eigenvalue weighted by atomic mass is 16.3. The zero-order valence-corrected chi connectivity index (χ0v) is 25.2. The highest BCUT2D eigenvalue weighted by molar-refractivity contribution is 6.27. The predicted molar refractivity (Wildman–Crippen MR) is 193 cm³/mol. The summed E-state index contributed by atoms with van der Waals surface area (Å²) in [5, 5.41) is 15.3. The van der Waals surface area contributed by atoms with Gasteiger partial charge < -0.3 is 9.73 Å². The fraction of sp³-hybridized carbons (Fsp3) is 0.0238. The molecule has 10 rings (SSSR count). The molecule has 0 amide bonds. The summed E-state index contributed by atoms with van der Waals surface area (Å²) in [6.45, 7) is 0. The molecule has 7 aromatic carbocycles. The van der Waals surface area contributed by atoms with Crippen LogP contribution in [0.3, 0.4) is 0 Å². The fourth-order valence-corrected chi connectivity index (χ4v) is 7.19. The quantitative estimate of drug-likeness (QED) is 0.205. The molecule has 0 aliphatic carbocycles. The topological polar surface area (TPSA) is 62.8 Å². The zero-order chi connectivity index (χ0) is 30.9. The molecule has 1 unspecified atom stereocenters. The summed E-state index contributed by atoms with van der Waals surface area (Å²) < 4.78 is 6.22. The van der Waals surface area contributed by atoms with Crippen molar-refractivity contribution in [3.05, 3.63) is 163 Å². The van der Waals surface area contributed by atoms with Gasteiger partial charge >= 0.3 is 0 Å². The maximum Gasteiger partial charge on any atom is 0.160 e. The lowest BCUT2D eigenvalue weighted by molar-refractivity contribution is 0.666. The van der Waals surface area contributed by atoms with Crippen molar-refractivity contribution < 1.29 is 4.42 Å². The molecule has 5 heteroatoms. The summed E-state index contributed by atoms with van der Waals surface area (Å²) in [6.07, 6.45) is 3.22. The fourth-order valence-electron chi connectivity index (χ4n) is 7.19. The van der Waals surface area contributed by atoms with Crippen LogP contribution in [0, 0.1) is 0 Å². The Morgan fingerprint density at radius 2 is 1.30 bits per heavy atom. The molecule has 0 bridgehead atoms. The van der Waals surface area contributed by atoms with E-state index >= 15 is 0 Å². The minimum Gasteiger partial charge on any atom is -0.454 e. The summed E-state index contributed by atoms with van der Waals surface area (Å²) in [5.41, 5.74) is 4.57. The number of nitrogens with zero attached hydrogens (tertiary/aromatic N) is 3. The van der Waals surface area contributed by atoms with Crippen LogP contribution in [0.4, 0.5) is 0 Å². The number of hydrogen-bond donors (Lipinski definition) is 1. The molecule has 1 aliphatic heterocycles. The van der Waals surface area contributed by atoms with Gasteiger partial charge in [-0.3, -0.25) is 4.98 Å². The molecule has 1 N–H and O–H groups in total. The molecule has 47 heavy (non-hydrogen) atoms. The van der Waals surface area contributed by atoms with Crippen molar-refractivity contribution in [2.24, 2.45) is 9.98 Å². The van der Waals surface area contributed by atoms with Crippen LogP contribution in [0.5, 0.6) is 0 Å². The van der Waals surface area contributed by atoms with Gasteiger partial charge in [-0.25, -0.2) is 9.98 Å². The molecule has 0 radical (unpaired) electrons. The van der Waals surface area contributed by atoms with Gasteiger partial charge in [0.05, 0.1) is 6.20 Å². The molecule has 1 aliphatic rings. The number of amidine groups is 2. The van der Waals surface area contributed by atoms with Gasteiger partial charge in [-0.1, -0.05) is 115 Å². The lowest BCUT2D eigenvalue weighted by Gasteiger charge is -2.25. The van der Waals surface area contributed by atoms with E-state index in [9.17, 15) is 0 Å². The standard InChI is InChI=1S/C42H26N4O/c1-2-9-28-23-29(16-15-25(28)7-1)40-44-41(46-42(45-40)35-13-6-14-36-39(35)33-21-22-43-24-37(33)47-36)34-12-5-10-27-18-19-31-30-11-4-3-8-26(30)17-20-32(31)38(27)34/h1-24,40H,(H,44,45,46). The van der Waals surface area contributed by atoms with Gasteiger partial charge in [-0.05, 0) is 61.5 Å². The average molecular weight is 603 g/mol. The van der Waals surface area contributed by atoms with Crippen LogP contribution in [0.1, 0.15) is 22.9 Å². The normalized spacial score (nSPS) is 15.0. The third-order valence-electron chi connectivity index (χ3n) is 9.39. The molecule has 5 nitrogen and oxygen atoms in total. The van der Waals surface area contributed by atoms with Crippen molar-refractivity contribution in [2.75, 3.05) is 0 Å². The Bertz CT molecular complexity index is 2790. The lowest BCUT2D eigenvalue weighted by atomic mass is 9.94. The first-order valence-corrected chi connectivity index (χ1v) is 15.8. The molecule has 0 spiro atoms. The second-order valence-electron chi connectivity index (χ2n) is 12.1. The molecule has 9 aromatic rings. The van der Waals surface area contributed by atoms with E-state index < -0.39 is 0 Å². The molecule has 2 aromatic heterocycles. The number of pyridine rings is 1. The molecule has 220 valence electrons. The van der Waals surface area contributed by atoms with E-state index in [1.807, 2.05) is 18.2 Å². The van der Waals surface area contributed by atoms with E-state index in [1.165, 1.54) is 32.3 Å². The maximum absolute atomic E-state index is 6.22. The molecule has 3 heterocycles. The second-order valence-corrected chi connectivity index (χ2v) is 12.1. The first-order valence-electron chi connectivity index (χ1n) is 15.8. The summed E-state index contributed by atoms with van der Waals surface area (Å²) >= 11 is 0. The Morgan fingerprint density at radius 3 is 2.26 bits per heavy atom. The van der Waals surface area contributed by atoms with Gasteiger partial charge in [0.15, 0.2) is 11.4 Å². The smallest absolute Gasteiger partial charge is 0.160 e. The molecular weight excluding hydrogens is 576 g/mol. The van der Waals surface area contributed by atoms with Crippen LogP contribution >= 0.6 is 0 Å². The molecule has 1 atom stereocenters. The van der Waals surface area contributed by atoms with Crippen molar-refractivity contribution in [3.8, 4) is 0 Å². The monoisotopic (exact) mass is 602 g/mol. The number of rotatable bonds is 3. The van der Waals surface area contributed by atoms with Crippen molar-refractivity contribution in [1.29, 1.82) is 0 Å². The van der Waals surface area contributed by atoms with Gasteiger partial charge in [-0.15, -0.1) is 0 Å². The Hall–Kier alpha value is -6.33. The highest BCUT2D eigenvalue weighted by Crippen LogP contribution is 2.36. The summed E-state index contributed by atoms with van der Waals surface area (Å²) in [6, 6.07) is 47.0. The number of aromatic nitrogens is 1. The van der Waals surface area contributed by atoms with E-state index in [4.69, 9.17) is 14.4 Å². The first-order chi connectivity index (χ1) is 23.3. The summed E-state index contributed by atoms with van der Waals surface area (Å²) in [7, 11) is 0. The number of benzene rings is 7. The van der Waals surface area contributed by atoms with E-state index in [1.54, 1.807) is 12.4 Å². The van der Waals surface area contributed by atoms with Crippen molar-refractivity contribution in [3.63, 3.8) is 0 Å². The first kappa shape index (κ1) is 25.9. The summed E-state index contributed by atoms with van der Waals surface area (Å²) in [5.74, 6) is 1.44. The van der Waals surface area contributed by atoms with Gasteiger partial charge in [0.2, 0.25) is 0 Å². The predicted octanol–water partition coefficient (Wildman–Crippen LogP) is 10.1. The minimum atomic E-state index is -0.358. The second kappa shape index (κ2) is 10.1.